The lowest BCUT2D eigenvalue weighted by Crippen LogP contribution is -2.33. The summed E-state index contributed by atoms with van der Waals surface area (Å²) in [7, 11) is 0. The lowest BCUT2D eigenvalue weighted by atomic mass is 10.2. The summed E-state index contributed by atoms with van der Waals surface area (Å²) in [5.74, 6) is 0.680. The molecule has 0 spiro atoms. The molecule has 29 heavy (non-hydrogen) atoms. The van der Waals surface area contributed by atoms with Gasteiger partial charge in [0.1, 0.15) is 16.9 Å². The van der Waals surface area contributed by atoms with E-state index in [1.54, 1.807) is 30.5 Å². The van der Waals surface area contributed by atoms with Gasteiger partial charge in [-0.3, -0.25) is 9.78 Å². The van der Waals surface area contributed by atoms with Gasteiger partial charge < -0.3 is 15.0 Å². The van der Waals surface area contributed by atoms with Crippen molar-refractivity contribution in [1.82, 2.24) is 29.8 Å². The van der Waals surface area contributed by atoms with Gasteiger partial charge in [-0.2, -0.15) is 0 Å². The highest BCUT2D eigenvalue weighted by atomic mass is 32.2. The zero-order valence-corrected chi connectivity index (χ0v) is 17.6. The van der Waals surface area contributed by atoms with Crippen molar-refractivity contribution < 1.29 is 9.90 Å². The number of rotatable bonds is 7. The molecule has 1 aliphatic carbocycles. The molecule has 1 saturated carbocycles. The van der Waals surface area contributed by atoms with Crippen LogP contribution in [0.3, 0.4) is 0 Å². The van der Waals surface area contributed by atoms with Crippen LogP contribution >= 0.6 is 11.8 Å². The first kappa shape index (κ1) is 19.8. The molecule has 152 valence electrons. The summed E-state index contributed by atoms with van der Waals surface area (Å²) >= 11 is 1.68. The Labute approximate surface area is 173 Å². The maximum atomic E-state index is 12.8. The fourth-order valence-corrected chi connectivity index (χ4v) is 3.88. The normalized spacial score (nSPS) is 14.9. The number of carbonyl (C=O) groups is 1. The van der Waals surface area contributed by atoms with Crippen LogP contribution in [0.4, 0.5) is 0 Å². The third kappa shape index (κ3) is 4.11. The van der Waals surface area contributed by atoms with Crippen molar-refractivity contribution in [2.24, 2.45) is 0 Å². The van der Waals surface area contributed by atoms with Crippen LogP contribution < -0.4 is 5.32 Å². The Bertz CT molecular complexity index is 1080. The summed E-state index contributed by atoms with van der Waals surface area (Å²) in [6, 6.07) is 0. The summed E-state index contributed by atoms with van der Waals surface area (Å²) in [5.41, 5.74) is 3.58. The van der Waals surface area contributed by atoms with Crippen LogP contribution in [0, 0.1) is 13.8 Å². The third-order valence-electron chi connectivity index (χ3n) is 5.08. The van der Waals surface area contributed by atoms with E-state index in [-0.39, 0.29) is 12.5 Å². The molecule has 0 radical (unpaired) electrons. The second-order valence-corrected chi connectivity index (χ2v) is 8.70. The molecular weight excluding hydrogens is 388 g/mol. The monoisotopic (exact) mass is 412 g/mol. The van der Waals surface area contributed by atoms with Crippen molar-refractivity contribution in [3.63, 3.8) is 0 Å². The van der Waals surface area contributed by atoms with E-state index in [4.69, 9.17) is 0 Å². The number of amides is 1. The zero-order valence-electron chi connectivity index (χ0n) is 16.8. The molecule has 0 bridgehead atoms. The number of thioether (sulfide) groups is 1. The summed E-state index contributed by atoms with van der Waals surface area (Å²) in [6.07, 6.45) is 6.44. The van der Waals surface area contributed by atoms with Crippen LogP contribution in [-0.4, -0.2) is 53.4 Å². The van der Waals surface area contributed by atoms with Gasteiger partial charge in [-0.15, -0.1) is 11.8 Å². The summed E-state index contributed by atoms with van der Waals surface area (Å²) in [6.45, 7) is 6.70. The Morgan fingerprint density at radius 2 is 2.10 bits per heavy atom. The molecule has 1 amide bonds. The van der Waals surface area contributed by atoms with Gasteiger partial charge in [0.25, 0.3) is 5.91 Å². The molecule has 3 aromatic heterocycles. The molecule has 1 aliphatic rings. The molecule has 0 aromatic carbocycles. The molecule has 0 aliphatic heterocycles. The van der Waals surface area contributed by atoms with E-state index >= 15 is 0 Å². The van der Waals surface area contributed by atoms with Gasteiger partial charge in [0.2, 0.25) is 0 Å². The highest BCUT2D eigenvalue weighted by Crippen LogP contribution is 2.34. The van der Waals surface area contributed by atoms with Gasteiger partial charge in [-0.05, 0) is 32.4 Å². The molecule has 3 aromatic rings. The molecule has 8 nitrogen and oxygen atoms in total. The summed E-state index contributed by atoms with van der Waals surface area (Å²) in [4.78, 5) is 30.6. The molecule has 0 saturated heterocycles. The van der Waals surface area contributed by atoms with E-state index in [2.05, 4.69) is 32.2 Å². The van der Waals surface area contributed by atoms with Gasteiger partial charge in [0.05, 0.1) is 29.1 Å². The van der Waals surface area contributed by atoms with Crippen LogP contribution in [0.15, 0.2) is 23.7 Å². The number of hydrogen-bond acceptors (Lipinski definition) is 7. The maximum Gasteiger partial charge on any atom is 0.255 e. The lowest BCUT2D eigenvalue weighted by molar-refractivity contribution is 0.0897. The third-order valence-corrected chi connectivity index (χ3v) is 6.05. The minimum Gasteiger partial charge on any atom is -0.388 e. The standard InChI is InChI=1S/C20H24N6O2S/c1-4-29-19-13(3)15(23-11-24-19)9-26-8-14(16-17(26)25-12(2)7-21-16)18(27)22-10-20(28)5-6-20/h7-8,11,28H,4-6,9-10H2,1-3H3,(H,22,27). The van der Waals surface area contributed by atoms with Gasteiger partial charge in [-0.25, -0.2) is 15.0 Å². The van der Waals surface area contributed by atoms with E-state index in [1.165, 1.54) is 0 Å². The van der Waals surface area contributed by atoms with Crippen molar-refractivity contribution in [1.29, 1.82) is 0 Å². The second-order valence-electron chi connectivity index (χ2n) is 7.44. The van der Waals surface area contributed by atoms with Crippen LogP contribution in [0.5, 0.6) is 0 Å². The zero-order chi connectivity index (χ0) is 20.6. The topological polar surface area (TPSA) is 106 Å². The number of nitrogens with zero attached hydrogens (tertiary/aromatic N) is 5. The highest BCUT2D eigenvalue weighted by Gasteiger charge is 2.40. The number of aromatic nitrogens is 5. The summed E-state index contributed by atoms with van der Waals surface area (Å²) in [5, 5.41) is 13.8. The fraction of sp³-hybridized carbons (Fsp3) is 0.450. The molecular formula is C20H24N6O2S. The molecule has 0 atom stereocenters. The van der Waals surface area contributed by atoms with Crippen LogP contribution in [0.2, 0.25) is 0 Å². The van der Waals surface area contributed by atoms with Crippen LogP contribution in [-0.2, 0) is 6.54 Å². The van der Waals surface area contributed by atoms with Crippen molar-refractivity contribution >= 4 is 28.8 Å². The van der Waals surface area contributed by atoms with Gasteiger partial charge in [0.15, 0.2) is 5.65 Å². The van der Waals surface area contributed by atoms with Crippen molar-refractivity contribution in [2.45, 2.75) is 50.8 Å². The van der Waals surface area contributed by atoms with Gasteiger partial charge in [0, 0.05) is 24.5 Å². The quantitative estimate of drug-likeness (QED) is 0.453. The Balaban J connectivity index is 1.68. The predicted octanol–water partition coefficient (Wildman–Crippen LogP) is 2.25. The van der Waals surface area contributed by atoms with Crippen LogP contribution in [0.25, 0.3) is 11.2 Å². The minimum absolute atomic E-state index is 0.250. The smallest absolute Gasteiger partial charge is 0.255 e. The van der Waals surface area contributed by atoms with Gasteiger partial charge in [-0.1, -0.05) is 6.92 Å². The lowest BCUT2D eigenvalue weighted by Gasteiger charge is -2.10. The molecule has 2 N–H and O–H groups in total. The predicted molar refractivity (Wildman–Crippen MR) is 111 cm³/mol. The number of carbonyl (C=O) groups excluding carboxylic acids is 1. The Morgan fingerprint density at radius 1 is 1.31 bits per heavy atom. The Hall–Kier alpha value is -2.52. The Morgan fingerprint density at radius 3 is 2.83 bits per heavy atom. The number of hydrogen-bond donors (Lipinski definition) is 2. The maximum absolute atomic E-state index is 12.8. The van der Waals surface area contributed by atoms with E-state index in [0.29, 0.717) is 23.3 Å². The minimum atomic E-state index is -0.748. The number of aliphatic hydroxyl groups is 1. The van der Waals surface area contributed by atoms with E-state index in [0.717, 1.165) is 40.6 Å². The average molecular weight is 413 g/mol. The first-order valence-electron chi connectivity index (χ1n) is 9.66. The highest BCUT2D eigenvalue weighted by molar-refractivity contribution is 7.99. The van der Waals surface area contributed by atoms with E-state index < -0.39 is 5.60 Å². The molecule has 1 fully saturated rings. The Kier molecular flexibility index (Phi) is 5.26. The molecule has 9 heteroatoms. The molecule has 4 rings (SSSR count). The first-order chi connectivity index (χ1) is 13.9. The second kappa shape index (κ2) is 7.72. The largest absolute Gasteiger partial charge is 0.388 e. The average Bonchev–Trinajstić information content (AvgIpc) is 3.34. The van der Waals surface area contributed by atoms with Crippen molar-refractivity contribution in [2.75, 3.05) is 12.3 Å². The van der Waals surface area contributed by atoms with Gasteiger partial charge >= 0.3 is 0 Å². The summed E-state index contributed by atoms with van der Waals surface area (Å²) < 4.78 is 1.91. The number of aryl methyl sites for hydroxylation is 1. The van der Waals surface area contributed by atoms with Crippen molar-refractivity contribution in [3.8, 4) is 0 Å². The molecule has 3 heterocycles. The first-order valence-corrected chi connectivity index (χ1v) is 10.6. The van der Waals surface area contributed by atoms with Crippen molar-refractivity contribution in [3.05, 3.63) is 41.2 Å². The SMILES string of the molecule is CCSc1ncnc(Cn2cc(C(=O)NCC3(O)CC3)c3ncc(C)nc32)c1C. The van der Waals surface area contributed by atoms with E-state index in [9.17, 15) is 9.90 Å². The van der Waals surface area contributed by atoms with E-state index in [1.807, 2.05) is 18.4 Å². The fourth-order valence-electron chi connectivity index (χ4n) is 3.15. The van der Waals surface area contributed by atoms with Crippen LogP contribution in [0.1, 0.15) is 47.1 Å². The number of nitrogens with one attached hydrogen (secondary N) is 1. The number of fused-ring (bicyclic) bond motifs is 1. The molecule has 0 unspecified atom stereocenters.